The van der Waals surface area contributed by atoms with Crippen molar-refractivity contribution >= 4 is 43.1 Å². The van der Waals surface area contributed by atoms with E-state index in [1.807, 2.05) is 18.5 Å². The topological polar surface area (TPSA) is 22.1 Å². The van der Waals surface area contributed by atoms with Gasteiger partial charge < -0.3 is 4.74 Å². The zero-order chi connectivity index (χ0) is 27.2. The average molecular weight is 524 g/mol. The quantitative estimate of drug-likeness (QED) is 0.214. The van der Waals surface area contributed by atoms with Gasteiger partial charge in [0, 0.05) is 28.6 Å². The van der Waals surface area contributed by atoms with Gasteiger partial charge in [0.05, 0.1) is 0 Å². The molecule has 1 heterocycles. The highest BCUT2D eigenvalue weighted by atomic mass is 16.5. The molecule has 0 radical (unpaired) electrons. The molecule has 0 fully saturated rings. The van der Waals surface area contributed by atoms with Gasteiger partial charge >= 0.3 is 0 Å². The van der Waals surface area contributed by atoms with Crippen LogP contribution in [0.5, 0.6) is 11.5 Å². The standard InChI is InChI=1S/C39H25NO/c1-2-8-26(9-3-1)29-15-16-31-24-33(19-18-30(31)22-29)41-39-35-13-7-6-12-34(35)38(37-25-40-21-20-36(37)39)32-17-14-27-10-4-5-11-28(27)23-32/h1-25H. The molecule has 0 saturated carbocycles. The molecule has 192 valence electrons. The van der Waals surface area contributed by atoms with E-state index in [0.717, 1.165) is 38.4 Å². The summed E-state index contributed by atoms with van der Waals surface area (Å²) in [6.07, 6.45) is 3.81. The van der Waals surface area contributed by atoms with Crippen molar-refractivity contribution in [3.63, 3.8) is 0 Å². The Hall–Kier alpha value is -5.47. The van der Waals surface area contributed by atoms with E-state index in [1.165, 1.54) is 38.4 Å². The summed E-state index contributed by atoms with van der Waals surface area (Å²) in [5.74, 6) is 1.66. The molecule has 0 saturated heterocycles. The first kappa shape index (κ1) is 23.4. The fourth-order valence-corrected chi connectivity index (χ4v) is 5.96. The molecule has 7 aromatic carbocycles. The highest BCUT2D eigenvalue weighted by Gasteiger charge is 2.17. The summed E-state index contributed by atoms with van der Waals surface area (Å²) in [4.78, 5) is 4.53. The average Bonchev–Trinajstić information content (AvgIpc) is 3.04. The maximum Gasteiger partial charge on any atom is 0.143 e. The van der Waals surface area contributed by atoms with Gasteiger partial charge in [-0.1, -0.05) is 109 Å². The van der Waals surface area contributed by atoms with Crippen molar-refractivity contribution in [1.82, 2.24) is 4.98 Å². The third kappa shape index (κ3) is 4.09. The zero-order valence-electron chi connectivity index (χ0n) is 22.3. The van der Waals surface area contributed by atoms with Gasteiger partial charge in [-0.05, 0) is 79.5 Å². The first-order valence-corrected chi connectivity index (χ1v) is 13.9. The molecular formula is C39H25NO. The van der Waals surface area contributed by atoms with Gasteiger partial charge in [-0.3, -0.25) is 4.98 Å². The highest BCUT2D eigenvalue weighted by molar-refractivity contribution is 6.17. The summed E-state index contributed by atoms with van der Waals surface area (Å²) in [6.45, 7) is 0. The van der Waals surface area contributed by atoms with Gasteiger partial charge in [0.15, 0.2) is 0 Å². The van der Waals surface area contributed by atoms with Crippen LogP contribution < -0.4 is 4.74 Å². The third-order valence-corrected chi connectivity index (χ3v) is 7.95. The van der Waals surface area contributed by atoms with Crippen molar-refractivity contribution in [2.24, 2.45) is 0 Å². The van der Waals surface area contributed by atoms with Crippen molar-refractivity contribution in [1.29, 1.82) is 0 Å². The number of benzene rings is 7. The van der Waals surface area contributed by atoms with Gasteiger partial charge in [0.1, 0.15) is 11.5 Å². The molecule has 0 aliphatic carbocycles. The van der Waals surface area contributed by atoms with Crippen LogP contribution in [-0.2, 0) is 0 Å². The smallest absolute Gasteiger partial charge is 0.143 e. The summed E-state index contributed by atoms with van der Waals surface area (Å²) < 4.78 is 6.76. The lowest BCUT2D eigenvalue weighted by atomic mass is 9.91. The Labute approximate surface area is 238 Å². The molecule has 0 aliphatic heterocycles. The fourth-order valence-electron chi connectivity index (χ4n) is 5.96. The van der Waals surface area contributed by atoms with Crippen LogP contribution in [0, 0.1) is 0 Å². The molecule has 0 bridgehead atoms. The molecule has 8 rings (SSSR count). The van der Waals surface area contributed by atoms with E-state index in [9.17, 15) is 0 Å². The number of hydrogen-bond acceptors (Lipinski definition) is 2. The lowest BCUT2D eigenvalue weighted by molar-refractivity contribution is 0.494. The largest absolute Gasteiger partial charge is 0.456 e. The second-order valence-corrected chi connectivity index (χ2v) is 10.4. The number of hydrogen-bond donors (Lipinski definition) is 0. The van der Waals surface area contributed by atoms with Gasteiger partial charge in [-0.2, -0.15) is 0 Å². The molecule has 0 N–H and O–H groups in total. The van der Waals surface area contributed by atoms with Crippen molar-refractivity contribution in [2.75, 3.05) is 0 Å². The molecule has 1 aromatic heterocycles. The van der Waals surface area contributed by atoms with Crippen LogP contribution in [-0.4, -0.2) is 4.98 Å². The van der Waals surface area contributed by atoms with Crippen LogP contribution in [0.15, 0.2) is 152 Å². The summed E-state index contributed by atoms with van der Waals surface area (Å²) in [5, 5.41) is 9.12. The molecule has 0 atom stereocenters. The van der Waals surface area contributed by atoms with Gasteiger partial charge in [-0.15, -0.1) is 0 Å². The summed E-state index contributed by atoms with van der Waals surface area (Å²) in [6, 6.07) is 49.2. The van der Waals surface area contributed by atoms with E-state index in [4.69, 9.17) is 4.74 Å². The fraction of sp³-hybridized carbons (Fsp3) is 0. The highest BCUT2D eigenvalue weighted by Crippen LogP contribution is 2.45. The van der Waals surface area contributed by atoms with Gasteiger partial charge in [0.2, 0.25) is 0 Å². The maximum absolute atomic E-state index is 6.76. The van der Waals surface area contributed by atoms with Gasteiger partial charge in [-0.25, -0.2) is 0 Å². The Morgan fingerprint density at radius 2 is 1.05 bits per heavy atom. The molecular weight excluding hydrogens is 498 g/mol. The predicted octanol–water partition coefficient (Wildman–Crippen LogP) is 10.8. The third-order valence-electron chi connectivity index (χ3n) is 7.95. The lowest BCUT2D eigenvalue weighted by Crippen LogP contribution is -1.93. The van der Waals surface area contributed by atoms with Crippen molar-refractivity contribution < 1.29 is 4.74 Å². The second-order valence-electron chi connectivity index (χ2n) is 10.4. The Morgan fingerprint density at radius 3 is 1.95 bits per heavy atom. The van der Waals surface area contributed by atoms with Gasteiger partial charge in [0.25, 0.3) is 0 Å². The van der Waals surface area contributed by atoms with E-state index >= 15 is 0 Å². The van der Waals surface area contributed by atoms with Crippen LogP contribution in [0.1, 0.15) is 0 Å². The van der Waals surface area contributed by atoms with E-state index in [0.29, 0.717) is 0 Å². The summed E-state index contributed by atoms with van der Waals surface area (Å²) in [5.41, 5.74) is 4.77. The normalized spacial score (nSPS) is 11.4. The minimum Gasteiger partial charge on any atom is -0.456 e. The SMILES string of the molecule is c1ccc(-c2ccc3cc(Oc4c5ccccc5c(-c5ccc6ccccc6c5)c5cnccc45)ccc3c2)cc1. The van der Waals surface area contributed by atoms with Crippen LogP contribution in [0.3, 0.4) is 0 Å². The Bertz CT molecular complexity index is 2180. The van der Waals surface area contributed by atoms with Crippen molar-refractivity contribution in [3.8, 4) is 33.8 Å². The van der Waals surface area contributed by atoms with Crippen LogP contribution in [0.25, 0.3) is 65.3 Å². The molecule has 0 unspecified atom stereocenters. The molecule has 2 heteroatoms. The number of ether oxygens (including phenoxy) is 1. The van der Waals surface area contributed by atoms with Crippen molar-refractivity contribution in [3.05, 3.63) is 152 Å². The zero-order valence-corrected chi connectivity index (χ0v) is 22.3. The van der Waals surface area contributed by atoms with Crippen LogP contribution in [0.2, 0.25) is 0 Å². The number of nitrogens with zero attached hydrogens (tertiary/aromatic N) is 1. The number of pyridine rings is 1. The molecule has 0 amide bonds. The molecule has 0 aliphatic rings. The summed E-state index contributed by atoms with van der Waals surface area (Å²) in [7, 11) is 0. The van der Waals surface area contributed by atoms with E-state index in [2.05, 4.69) is 138 Å². The van der Waals surface area contributed by atoms with Crippen LogP contribution >= 0.6 is 0 Å². The number of aromatic nitrogens is 1. The van der Waals surface area contributed by atoms with E-state index in [1.54, 1.807) is 0 Å². The summed E-state index contributed by atoms with van der Waals surface area (Å²) >= 11 is 0. The number of fused-ring (bicyclic) bond motifs is 4. The Morgan fingerprint density at radius 1 is 0.415 bits per heavy atom. The van der Waals surface area contributed by atoms with Crippen LogP contribution in [0.4, 0.5) is 0 Å². The van der Waals surface area contributed by atoms with E-state index < -0.39 is 0 Å². The Balaban J connectivity index is 1.28. The van der Waals surface area contributed by atoms with E-state index in [-0.39, 0.29) is 0 Å². The lowest BCUT2D eigenvalue weighted by Gasteiger charge is -2.18. The maximum atomic E-state index is 6.76. The molecule has 8 aromatic rings. The second kappa shape index (κ2) is 9.62. The Kier molecular flexibility index (Phi) is 5.49. The first-order valence-electron chi connectivity index (χ1n) is 13.9. The minimum absolute atomic E-state index is 0.812. The molecule has 2 nitrogen and oxygen atoms in total. The van der Waals surface area contributed by atoms with Crippen molar-refractivity contribution in [2.45, 2.75) is 0 Å². The first-order chi connectivity index (χ1) is 20.3. The molecule has 41 heavy (non-hydrogen) atoms. The monoisotopic (exact) mass is 523 g/mol. The minimum atomic E-state index is 0.812. The number of rotatable bonds is 4. The molecule has 0 spiro atoms. The predicted molar refractivity (Wildman–Crippen MR) is 172 cm³/mol.